The van der Waals surface area contributed by atoms with Crippen LogP contribution >= 0.6 is 0 Å². The number of hydrogen-bond acceptors (Lipinski definition) is 3. The monoisotopic (exact) mass is 219 g/mol. The maximum Gasteiger partial charge on any atom is 0.325 e. The Kier molecular flexibility index (Phi) is 3.25. The SMILES string of the molecule is CC(C)N1C[C@H]1C(=O)OCc1ccccc1. The highest BCUT2D eigenvalue weighted by molar-refractivity contribution is 5.79. The van der Waals surface area contributed by atoms with Gasteiger partial charge in [0.1, 0.15) is 12.6 Å². The average Bonchev–Trinajstić information content (AvgIpc) is 3.07. The first-order valence-corrected chi connectivity index (χ1v) is 5.65. The summed E-state index contributed by atoms with van der Waals surface area (Å²) in [6, 6.07) is 10.2. The fourth-order valence-corrected chi connectivity index (χ4v) is 1.76. The summed E-state index contributed by atoms with van der Waals surface area (Å²) in [5.74, 6) is -0.0995. The Morgan fingerprint density at radius 1 is 1.44 bits per heavy atom. The lowest BCUT2D eigenvalue weighted by Crippen LogP contribution is -2.20. The molecule has 3 heteroatoms. The molecule has 1 saturated heterocycles. The number of rotatable bonds is 4. The molecule has 1 aromatic carbocycles. The Balaban J connectivity index is 1.78. The van der Waals surface area contributed by atoms with Crippen LogP contribution in [0.25, 0.3) is 0 Å². The van der Waals surface area contributed by atoms with Crippen LogP contribution in [0, 0.1) is 0 Å². The molecule has 0 radical (unpaired) electrons. The predicted molar refractivity (Wildman–Crippen MR) is 61.9 cm³/mol. The summed E-state index contributed by atoms with van der Waals surface area (Å²) in [6.07, 6.45) is 0. The standard InChI is InChI=1S/C13H17NO2/c1-10(2)14-8-12(14)13(15)16-9-11-6-4-3-5-7-11/h3-7,10,12H,8-9H2,1-2H3/t12-,14?/m0/s1. The molecule has 2 atom stereocenters. The predicted octanol–water partition coefficient (Wildman–Crippen LogP) is 1.82. The van der Waals surface area contributed by atoms with Crippen LogP contribution in [0.1, 0.15) is 19.4 Å². The van der Waals surface area contributed by atoms with Crippen molar-refractivity contribution in [1.29, 1.82) is 0 Å². The van der Waals surface area contributed by atoms with Crippen molar-refractivity contribution < 1.29 is 9.53 Å². The van der Waals surface area contributed by atoms with E-state index in [-0.39, 0.29) is 12.0 Å². The molecule has 0 amide bonds. The fraction of sp³-hybridized carbons (Fsp3) is 0.462. The number of ether oxygens (including phenoxy) is 1. The van der Waals surface area contributed by atoms with Gasteiger partial charge in [-0.1, -0.05) is 30.3 Å². The molecule has 0 aromatic heterocycles. The van der Waals surface area contributed by atoms with Crippen molar-refractivity contribution in [3.63, 3.8) is 0 Å². The van der Waals surface area contributed by atoms with Crippen molar-refractivity contribution in [2.75, 3.05) is 6.54 Å². The van der Waals surface area contributed by atoms with Crippen LogP contribution in [0.5, 0.6) is 0 Å². The lowest BCUT2D eigenvalue weighted by atomic mass is 10.2. The molecule has 86 valence electrons. The van der Waals surface area contributed by atoms with Crippen LogP contribution in [-0.4, -0.2) is 29.5 Å². The van der Waals surface area contributed by atoms with E-state index in [0.29, 0.717) is 12.6 Å². The van der Waals surface area contributed by atoms with Gasteiger partial charge in [-0.15, -0.1) is 0 Å². The molecule has 0 spiro atoms. The molecular formula is C13H17NO2. The maximum atomic E-state index is 11.6. The molecule has 16 heavy (non-hydrogen) atoms. The third-order valence-electron chi connectivity index (χ3n) is 2.81. The summed E-state index contributed by atoms with van der Waals surface area (Å²) in [5.41, 5.74) is 1.03. The van der Waals surface area contributed by atoms with E-state index in [1.165, 1.54) is 0 Å². The minimum absolute atomic E-state index is 0.0105. The fourth-order valence-electron chi connectivity index (χ4n) is 1.76. The second-order valence-corrected chi connectivity index (χ2v) is 4.40. The van der Waals surface area contributed by atoms with Crippen molar-refractivity contribution in [3.8, 4) is 0 Å². The third-order valence-corrected chi connectivity index (χ3v) is 2.81. The van der Waals surface area contributed by atoms with E-state index in [9.17, 15) is 4.79 Å². The van der Waals surface area contributed by atoms with E-state index in [2.05, 4.69) is 18.7 Å². The second-order valence-electron chi connectivity index (χ2n) is 4.40. The van der Waals surface area contributed by atoms with Crippen LogP contribution < -0.4 is 0 Å². The first-order valence-electron chi connectivity index (χ1n) is 5.65. The highest BCUT2D eigenvalue weighted by atomic mass is 16.5. The number of carbonyl (C=O) groups excluding carboxylic acids is 1. The van der Waals surface area contributed by atoms with Gasteiger partial charge in [-0.25, -0.2) is 0 Å². The van der Waals surface area contributed by atoms with Gasteiger partial charge in [0.25, 0.3) is 0 Å². The normalized spacial score (nSPS) is 23.2. The van der Waals surface area contributed by atoms with E-state index in [1.54, 1.807) is 0 Å². The molecule has 1 heterocycles. The summed E-state index contributed by atoms with van der Waals surface area (Å²) < 4.78 is 5.25. The molecular weight excluding hydrogens is 202 g/mol. The Hall–Kier alpha value is -1.35. The minimum Gasteiger partial charge on any atom is -0.460 e. The molecule has 1 aromatic rings. The Morgan fingerprint density at radius 2 is 2.12 bits per heavy atom. The summed E-state index contributed by atoms with van der Waals surface area (Å²) in [7, 11) is 0. The lowest BCUT2D eigenvalue weighted by Gasteiger charge is -2.07. The first kappa shape index (κ1) is 11.1. The average molecular weight is 219 g/mol. The molecule has 0 aliphatic carbocycles. The van der Waals surface area contributed by atoms with Crippen molar-refractivity contribution in [2.45, 2.75) is 32.5 Å². The van der Waals surface area contributed by atoms with Gasteiger partial charge in [0.05, 0.1) is 0 Å². The minimum atomic E-state index is -0.0995. The molecule has 1 fully saturated rings. The topological polar surface area (TPSA) is 29.3 Å². The Labute approximate surface area is 96.0 Å². The van der Waals surface area contributed by atoms with E-state index in [1.807, 2.05) is 30.3 Å². The first-order chi connectivity index (χ1) is 7.68. The van der Waals surface area contributed by atoms with Crippen molar-refractivity contribution in [1.82, 2.24) is 4.90 Å². The number of hydrogen-bond donors (Lipinski definition) is 0. The number of nitrogens with zero attached hydrogens (tertiary/aromatic N) is 1. The third kappa shape index (κ3) is 2.61. The largest absolute Gasteiger partial charge is 0.460 e. The van der Waals surface area contributed by atoms with E-state index >= 15 is 0 Å². The highest BCUT2D eigenvalue weighted by Crippen LogP contribution is 2.22. The molecule has 2 rings (SSSR count). The van der Waals surface area contributed by atoms with Crippen LogP contribution in [0.3, 0.4) is 0 Å². The van der Waals surface area contributed by atoms with Crippen molar-refractivity contribution in [2.24, 2.45) is 0 Å². The zero-order chi connectivity index (χ0) is 11.5. The van der Waals surface area contributed by atoms with Crippen LogP contribution in [-0.2, 0) is 16.1 Å². The number of benzene rings is 1. The molecule has 0 bridgehead atoms. The van der Waals surface area contributed by atoms with Gasteiger partial charge in [-0.2, -0.15) is 0 Å². The lowest BCUT2D eigenvalue weighted by molar-refractivity contribution is -0.145. The van der Waals surface area contributed by atoms with Gasteiger partial charge in [-0.05, 0) is 19.4 Å². The van der Waals surface area contributed by atoms with Gasteiger partial charge in [0, 0.05) is 12.6 Å². The molecule has 0 saturated carbocycles. The Morgan fingerprint density at radius 3 is 2.69 bits per heavy atom. The van der Waals surface area contributed by atoms with Gasteiger partial charge in [0.15, 0.2) is 0 Å². The number of esters is 1. The van der Waals surface area contributed by atoms with Gasteiger partial charge in [0.2, 0.25) is 0 Å². The summed E-state index contributed by atoms with van der Waals surface area (Å²) in [4.78, 5) is 13.7. The maximum absolute atomic E-state index is 11.6. The zero-order valence-corrected chi connectivity index (χ0v) is 9.72. The number of carbonyl (C=O) groups is 1. The van der Waals surface area contributed by atoms with Gasteiger partial charge < -0.3 is 4.74 Å². The molecule has 3 nitrogen and oxygen atoms in total. The van der Waals surface area contributed by atoms with Crippen LogP contribution in [0.15, 0.2) is 30.3 Å². The summed E-state index contributed by atoms with van der Waals surface area (Å²) >= 11 is 0. The summed E-state index contributed by atoms with van der Waals surface area (Å²) in [5, 5.41) is 0. The molecule has 1 unspecified atom stereocenters. The van der Waals surface area contributed by atoms with E-state index in [0.717, 1.165) is 12.1 Å². The molecule has 1 aliphatic rings. The smallest absolute Gasteiger partial charge is 0.325 e. The molecule has 0 N–H and O–H groups in total. The van der Waals surface area contributed by atoms with E-state index < -0.39 is 0 Å². The van der Waals surface area contributed by atoms with Crippen LogP contribution in [0.2, 0.25) is 0 Å². The molecule has 1 aliphatic heterocycles. The highest BCUT2D eigenvalue weighted by Gasteiger charge is 2.43. The second kappa shape index (κ2) is 4.66. The van der Waals surface area contributed by atoms with Crippen LogP contribution in [0.4, 0.5) is 0 Å². The van der Waals surface area contributed by atoms with Gasteiger partial charge in [-0.3, -0.25) is 9.69 Å². The van der Waals surface area contributed by atoms with E-state index in [4.69, 9.17) is 4.74 Å². The Bertz CT molecular complexity index is 361. The zero-order valence-electron chi connectivity index (χ0n) is 9.72. The summed E-state index contributed by atoms with van der Waals surface area (Å²) in [6.45, 7) is 5.39. The quantitative estimate of drug-likeness (QED) is 0.571. The van der Waals surface area contributed by atoms with Gasteiger partial charge >= 0.3 is 5.97 Å². The van der Waals surface area contributed by atoms with Crippen molar-refractivity contribution >= 4 is 5.97 Å². The van der Waals surface area contributed by atoms with Crippen molar-refractivity contribution in [3.05, 3.63) is 35.9 Å².